The number of hydrogen-bond acceptors (Lipinski definition) is 9. The van der Waals surface area contributed by atoms with Crippen molar-refractivity contribution in [1.29, 1.82) is 5.26 Å². The van der Waals surface area contributed by atoms with Gasteiger partial charge in [-0.25, -0.2) is 14.8 Å². The minimum atomic E-state index is -0.499. The van der Waals surface area contributed by atoms with Crippen LogP contribution in [0.25, 0.3) is 0 Å². The summed E-state index contributed by atoms with van der Waals surface area (Å²) in [5.74, 6) is 0.571. The van der Waals surface area contributed by atoms with Gasteiger partial charge in [-0.3, -0.25) is 24.7 Å². The van der Waals surface area contributed by atoms with Crippen molar-refractivity contribution in [2.24, 2.45) is 0 Å². The molecule has 204 valence electrons. The molecule has 2 aromatic rings. The molecule has 3 aliphatic heterocycles. The average Bonchev–Trinajstić information content (AvgIpc) is 3.59. The van der Waals surface area contributed by atoms with Crippen LogP contribution in [0.4, 0.5) is 22.1 Å². The van der Waals surface area contributed by atoms with Crippen LogP contribution in [0, 0.1) is 11.3 Å². The normalized spacial score (nSPS) is 21.3. The molecule has 2 aromatic heterocycles. The van der Waals surface area contributed by atoms with Crippen molar-refractivity contribution in [3.8, 4) is 6.07 Å². The fourth-order valence-corrected chi connectivity index (χ4v) is 5.40. The van der Waals surface area contributed by atoms with Crippen LogP contribution in [0.3, 0.4) is 0 Å². The highest BCUT2D eigenvalue weighted by molar-refractivity contribution is 6.00. The Balaban J connectivity index is 1.28. The number of piperazine rings is 1. The zero-order chi connectivity index (χ0) is 27.6. The standard InChI is InChI=1S/C27H32N8O4/c1-32-9-10-34(25(37)16-32)15-19-4-5-24(30-21(19)17-36)33(2)26(38)31-23-12-22(20(13-28)14-29-23)35-8-7-27(18-35)6-3-11-39-27/h4-5,12,14,17H,3,6-11,15-16,18H2,1-2H3,(H,29,31,38). The van der Waals surface area contributed by atoms with E-state index in [1.54, 1.807) is 30.1 Å². The third-order valence-electron chi connectivity index (χ3n) is 7.71. The summed E-state index contributed by atoms with van der Waals surface area (Å²) in [6, 6.07) is 6.76. The Morgan fingerprint density at radius 3 is 2.87 bits per heavy atom. The third kappa shape index (κ3) is 5.55. The van der Waals surface area contributed by atoms with Crippen LogP contribution in [0.5, 0.6) is 0 Å². The molecule has 12 heteroatoms. The number of amides is 3. The van der Waals surface area contributed by atoms with Crippen LogP contribution in [0.1, 0.15) is 40.9 Å². The van der Waals surface area contributed by atoms with Crippen molar-refractivity contribution in [3.05, 3.63) is 41.2 Å². The molecule has 3 fully saturated rings. The van der Waals surface area contributed by atoms with Crippen molar-refractivity contribution in [1.82, 2.24) is 19.8 Å². The lowest BCUT2D eigenvalue weighted by Gasteiger charge is -2.32. The van der Waals surface area contributed by atoms with Gasteiger partial charge >= 0.3 is 6.03 Å². The maximum Gasteiger partial charge on any atom is 0.328 e. The lowest BCUT2D eigenvalue weighted by atomic mass is 10.00. The van der Waals surface area contributed by atoms with Gasteiger partial charge in [0.2, 0.25) is 5.91 Å². The molecule has 0 aliphatic carbocycles. The summed E-state index contributed by atoms with van der Waals surface area (Å²) in [6.07, 6.45) is 5.04. The number of carbonyl (C=O) groups is 3. The zero-order valence-electron chi connectivity index (χ0n) is 22.2. The molecule has 1 N–H and O–H groups in total. The van der Waals surface area contributed by atoms with Gasteiger partial charge in [0.05, 0.1) is 23.4 Å². The molecule has 3 amide bonds. The van der Waals surface area contributed by atoms with Gasteiger partial charge in [-0.2, -0.15) is 5.26 Å². The molecule has 5 heterocycles. The summed E-state index contributed by atoms with van der Waals surface area (Å²) < 4.78 is 6.01. The van der Waals surface area contributed by atoms with Crippen molar-refractivity contribution in [2.45, 2.75) is 31.4 Å². The molecule has 3 saturated heterocycles. The summed E-state index contributed by atoms with van der Waals surface area (Å²) in [5.41, 5.74) is 1.78. The highest BCUT2D eigenvalue weighted by Crippen LogP contribution is 2.38. The molecule has 3 aliphatic rings. The number of carbonyl (C=O) groups excluding carboxylic acids is 3. The van der Waals surface area contributed by atoms with Gasteiger partial charge in [0, 0.05) is 64.2 Å². The molecule has 0 aromatic carbocycles. The van der Waals surface area contributed by atoms with Gasteiger partial charge in [-0.15, -0.1) is 0 Å². The topological polar surface area (TPSA) is 135 Å². The number of urea groups is 1. The SMILES string of the molecule is CN1CCN(Cc2ccc(N(C)C(=O)Nc3cc(N4CCC5(CCCO5)C4)c(C#N)cn3)nc2C=O)C(=O)C1. The van der Waals surface area contributed by atoms with Gasteiger partial charge in [0.25, 0.3) is 0 Å². The minimum Gasteiger partial charge on any atom is -0.373 e. The Bertz CT molecular complexity index is 1320. The second kappa shape index (κ2) is 11.0. The van der Waals surface area contributed by atoms with E-state index >= 15 is 0 Å². The van der Waals surface area contributed by atoms with Crippen molar-refractivity contribution in [2.75, 3.05) is 68.5 Å². The van der Waals surface area contributed by atoms with Crippen molar-refractivity contribution < 1.29 is 19.1 Å². The number of nitrogens with one attached hydrogen (secondary N) is 1. The lowest BCUT2D eigenvalue weighted by Crippen LogP contribution is -2.48. The second-order valence-electron chi connectivity index (χ2n) is 10.4. The molecule has 0 bridgehead atoms. The molecule has 5 rings (SSSR count). The Morgan fingerprint density at radius 1 is 1.31 bits per heavy atom. The Hall–Kier alpha value is -4.08. The number of nitriles is 1. The summed E-state index contributed by atoms with van der Waals surface area (Å²) in [4.78, 5) is 52.9. The van der Waals surface area contributed by atoms with Gasteiger partial charge in [0.1, 0.15) is 23.4 Å². The van der Waals surface area contributed by atoms with E-state index < -0.39 is 6.03 Å². The summed E-state index contributed by atoms with van der Waals surface area (Å²) >= 11 is 0. The highest BCUT2D eigenvalue weighted by atomic mass is 16.5. The zero-order valence-corrected chi connectivity index (χ0v) is 22.2. The number of rotatable bonds is 6. The van der Waals surface area contributed by atoms with Gasteiger partial charge in [-0.1, -0.05) is 6.07 Å². The largest absolute Gasteiger partial charge is 0.373 e. The van der Waals surface area contributed by atoms with Gasteiger partial charge < -0.3 is 14.5 Å². The Morgan fingerprint density at radius 2 is 2.15 bits per heavy atom. The Kier molecular flexibility index (Phi) is 7.45. The van der Waals surface area contributed by atoms with E-state index in [9.17, 15) is 19.6 Å². The number of likely N-dealkylation sites (N-methyl/N-ethyl adjacent to an activating group) is 1. The molecule has 1 atom stereocenters. The lowest BCUT2D eigenvalue weighted by molar-refractivity contribution is -0.136. The maximum absolute atomic E-state index is 13.1. The van der Waals surface area contributed by atoms with E-state index in [1.807, 2.05) is 11.9 Å². The van der Waals surface area contributed by atoms with Crippen LogP contribution >= 0.6 is 0 Å². The smallest absolute Gasteiger partial charge is 0.328 e. The van der Waals surface area contributed by atoms with Crippen LogP contribution < -0.4 is 15.1 Å². The van der Waals surface area contributed by atoms with Gasteiger partial charge in [-0.05, 0) is 32.4 Å². The predicted molar refractivity (Wildman–Crippen MR) is 144 cm³/mol. The first-order valence-corrected chi connectivity index (χ1v) is 13.1. The van der Waals surface area contributed by atoms with E-state index in [1.165, 1.54) is 11.1 Å². The quantitative estimate of drug-likeness (QED) is 0.553. The van der Waals surface area contributed by atoms with Crippen LogP contribution in [0.2, 0.25) is 0 Å². The monoisotopic (exact) mass is 532 g/mol. The number of aldehydes is 1. The van der Waals surface area contributed by atoms with Gasteiger partial charge in [0.15, 0.2) is 6.29 Å². The summed E-state index contributed by atoms with van der Waals surface area (Å²) in [7, 11) is 3.44. The van der Waals surface area contributed by atoms with Crippen LogP contribution in [-0.2, 0) is 16.1 Å². The number of nitrogens with zero attached hydrogens (tertiary/aromatic N) is 7. The number of ether oxygens (including phenoxy) is 1. The number of pyridine rings is 2. The minimum absolute atomic E-state index is 0.00433. The van der Waals surface area contributed by atoms with Crippen LogP contribution in [0.15, 0.2) is 24.4 Å². The average molecular weight is 533 g/mol. The fraction of sp³-hybridized carbons (Fsp3) is 0.481. The number of aromatic nitrogens is 2. The van der Waals surface area contributed by atoms with E-state index in [0.717, 1.165) is 39.0 Å². The Labute approximate surface area is 227 Å². The molecule has 1 spiro atoms. The van der Waals surface area contributed by atoms with E-state index in [2.05, 4.69) is 26.3 Å². The molecular weight excluding hydrogens is 500 g/mol. The second-order valence-corrected chi connectivity index (χ2v) is 10.4. The first-order chi connectivity index (χ1) is 18.8. The van der Waals surface area contributed by atoms with E-state index in [0.29, 0.717) is 48.6 Å². The molecule has 1 unspecified atom stereocenters. The summed E-state index contributed by atoms with van der Waals surface area (Å²) in [5, 5.41) is 12.4. The first-order valence-electron chi connectivity index (χ1n) is 13.1. The van der Waals surface area contributed by atoms with Crippen molar-refractivity contribution >= 4 is 35.5 Å². The van der Waals surface area contributed by atoms with Crippen LogP contribution in [-0.4, -0.2) is 97.0 Å². The fourth-order valence-electron chi connectivity index (χ4n) is 5.40. The molecule has 0 saturated carbocycles. The molecule has 39 heavy (non-hydrogen) atoms. The van der Waals surface area contributed by atoms with Crippen molar-refractivity contribution in [3.63, 3.8) is 0 Å². The highest BCUT2D eigenvalue weighted by Gasteiger charge is 2.42. The van der Waals surface area contributed by atoms with E-state index in [-0.39, 0.29) is 29.6 Å². The molecule has 0 radical (unpaired) electrons. The summed E-state index contributed by atoms with van der Waals surface area (Å²) in [6.45, 7) is 4.17. The predicted octanol–water partition coefficient (Wildman–Crippen LogP) is 1.86. The number of anilines is 3. The molecular formula is C27H32N8O4. The first kappa shape index (κ1) is 26.5. The number of hydrogen-bond donors (Lipinski definition) is 1. The van der Waals surface area contributed by atoms with E-state index in [4.69, 9.17) is 4.74 Å². The molecule has 12 nitrogen and oxygen atoms in total. The third-order valence-corrected chi connectivity index (χ3v) is 7.71. The maximum atomic E-state index is 13.1.